The number of anilines is 1. The number of carbonyl (C=O) groups excluding carboxylic acids is 1. The van der Waals surface area contributed by atoms with Gasteiger partial charge in [-0.3, -0.25) is 4.79 Å². The van der Waals surface area contributed by atoms with E-state index in [9.17, 15) is 4.79 Å². The molecule has 0 bridgehead atoms. The highest BCUT2D eigenvalue weighted by atomic mass is 16.5. The van der Waals surface area contributed by atoms with E-state index in [0.29, 0.717) is 18.4 Å². The highest BCUT2D eigenvalue weighted by Crippen LogP contribution is 2.24. The molecule has 2 aromatic rings. The maximum Gasteiger partial charge on any atom is 0.310 e. The van der Waals surface area contributed by atoms with Crippen LogP contribution in [0.25, 0.3) is 11.5 Å². The average molecular weight is 287 g/mol. The molecule has 0 unspecified atom stereocenters. The number of esters is 1. The summed E-state index contributed by atoms with van der Waals surface area (Å²) < 4.78 is 10.1. The van der Waals surface area contributed by atoms with Gasteiger partial charge in [-0.15, -0.1) is 0 Å². The van der Waals surface area contributed by atoms with Crippen molar-refractivity contribution >= 4 is 11.9 Å². The van der Waals surface area contributed by atoms with Crippen molar-refractivity contribution in [1.29, 1.82) is 0 Å². The van der Waals surface area contributed by atoms with Crippen LogP contribution in [0.5, 0.6) is 0 Å². The van der Waals surface area contributed by atoms with Crippen LogP contribution in [0, 0.1) is 5.92 Å². The van der Waals surface area contributed by atoms with E-state index in [1.54, 1.807) is 0 Å². The quantitative estimate of drug-likeness (QED) is 0.805. The van der Waals surface area contributed by atoms with Crippen molar-refractivity contribution in [3.8, 4) is 11.5 Å². The van der Waals surface area contributed by atoms with Crippen molar-refractivity contribution in [2.45, 2.75) is 12.8 Å². The standard InChI is InChI=1S/C15H17N3O3/c1-20-14(19)12-8-5-9-18(10-12)15-16-13(21-17-15)11-6-3-2-4-7-11/h2-4,6-7,12H,5,8-10H2,1H3/t12-/m0/s1. The van der Waals surface area contributed by atoms with Gasteiger partial charge in [0.2, 0.25) is 0 Å². The molecule has 110 valence electrons. The van der Waals surface area contributed by atoms with Crippen LogP contribution in [-0.4, -0.2) is 36.3 Å². The van der Waals surface area contributed by atoms with Crippen LogP contribution in [0.1, 0.15) is 12.8 Å². The number of aromatic nitrogens is 2. The van der Waals surface area contributed by atoms with Crippen LogP contribution in [0.15, 0.2) is 34.9 Å². The maximum atomic E-state index is 11.7. The Morgan fingerprint density at radius 2 is 2.19 bits per heavy atom. The zero-order chi connectivity index (χ0) is 14.7. The predicted octanol–water partition coefficient (Wildman–Crippen LogP) is 2.13. The van der Waals surface area contributed by atoms with Gasteiger partial charge in [-0.25, -0.2) is 0 Å². The molecule has 6 nitrogen and oxygen atoms in total. The van der Waals surface area contributed by atoms with Crippen molar-refractivity contribution < 1.29 is 14.1 Å². The second kappa shape index (κ2) is 5.95. The van der Waals surface area contributed by atoms with Crippen molar-refractivity contribution in [3.63, 3.8) is 0 Å². The third-order valence-electron chi connectivity index (χ3n) is 3.67. The number of hydrogen-bond acceptors (Lipinski definition) is 6. The van der Waals surface area contributed by atoms with Gasteiger partial charge in [0.1, 0.15) is 0 Å². The zero-order valence-corrected chi connectivity index (χ0v) is 11.9. The van der Waals surface area contributed by atoms with Crippen LogP contribution in [0.4, 0.5) is 5.95 Å². The molecule has 1 aliphatic rings. The summed E-state index contributed by atoms with van der Waals surface area (Å²) in [5, 5.41) is 4.02. The van der Waals surface area contributed by atoms with Gasteiger partial charge in [0.05, 0.1) is 13.0 Å². The summed E-state index contributed by atoms with van der Waals surface area (Å²) in [6.45, 7) is 1.39. The molecular formula is C15H17N3O3. The largest absolute Gasteiger partial charge is 0.469 e. The van der Waals surface area contributed by atoms with Gasteiger partial charge in [-0.2, -0.15) is 4.98 Å². The topological polar surface area (TPSA) is 68.5 Å². The normalized spacial score (nSPS) is 18.5. The lowest BCUT2D eigenvalue weighted by molar-refractivity contribution is -0.145. The Bertz CT molecular complexity index is 612. The number of hydrogen-bond donors (Lipinski definition) is 0. The average Bonchev–Trinajstić information content (AvgIpc) is 3.05. The SMILES string of the molecule is COC(=O)[C@H]1CCCN(c2noc(-c3ccccc3)n2)C1. The summed E-state index contributed by atoms with van der Waals surface area (Å²) in [5.41, 5.74) is 0.887. The molecule has 1 aromatic heterocycles. The summed E-state index contributed by atoms with van der Waals surface area (Å²) >= 11 is 0. The molecule has 1 aromatic carbocycles. The van der Waals surface area contributed by atoms with Gasteiger partial charge >= 0.3 is 5.97 Å². The van der Waals surface area contributed by atoms with Gasteiger partial charge in [0, 0.05) is 18.7 Å². The third kappa shape index (κ3) is 2.89. The van der Waals surface area contributed by atoms with E-state index in [1.165, 1.54) is 7.11 Å². The lowest BCUT2D eigenvalue weighted by Gasteiger charge is -2.29. The van der Waals surface area contributed by atoms with Crippen LogP contribution in [0.3, 0.4) is 0 Å². The van der Waals surface area contributed by atoms with E-state index in [-0.39, 0.29) is 11.9 Å². The van der Waals surface area contributed by atoms with E-state index >= 15 is 0 Å². The summed E-state index contributed by atoms with van der Waals surface area (Å²) in [6.07, 6.45) is 1.75. The molecule has 0 aliphatic carbocycles. The number of carbonyl (C=O) groups is 1. The van der Waals surface area contributed by atoms with Gasteiger partial charge in [0.25, 0.3) is 11.8 Å². The van der Waals surface area contributed by atoms with E-state index in [4.69, 9.17) is 9.26 Å². The Balaban J connectivity index is 1.75. The Morgan fingerprint density at radius 1 is 1.38 bits per heavy atom. The number of rotatable bonds is 3. The second-order valence-corrected chi connectivity index (χ2v) is 5.07. The highest BCUT2D eigenvalue weighted by Gasteiger charge is 2.28. The fourth-order valence-electron chi connectivity index (χ4n) is 2.56. The number of benzene rings is 1. The molecule has 0 spiro atoms. The molecule has 6 heteroatoms. The monoisotopic (exact) mass is 287 g/mol. The lowest BCUT2D eigenvalue weighted by atomic mass is 9.98. The van der Waals surface area contributed by atoms with Gasteiger partial charge in [0.15, 0.2) is 0 Å². The first-order chi connectivity index (χ1) is 10.3. The second-order valence-electron chi connectivity index (χ2n) is 5.07. The maximum absolute atomic E-state index is 11.7. The first kappa shape index (κ1) is 13.6. The number of piperidine rings is 1. The summed E-state index contributed by atoms with van der Waals surface area (Å²) in [6, 6.07) is 9.63. The van der Waals surface area contributed by atoms with Crippen LogP contribution in [-0.2, 0) is 9.53 Å². The van der Waals surface area contributed by atoms with Crippen LogP contribution < -0.4 is 4.90 Å². The molecule has 2 heterocycles. The molecule has 3 rings (SSSR count). The molecule has 0 N–H and O–H groups in total. The molecule has 0 amide bonds. The first-order valence-corrected chi connectivity index (χ1v) is 7.00. The van der Waals surface area contributed by atoms with E-state index in [0.717, 1.165) is 24.9 Å². The van der Waals surface area contributed by atoms with E-state index in [2.05, 4.69) is 10.1 Å². The van der Waals surface area contributed by atoms with Gasteiger partial charge in [-0.1, -0.05) is 18.2 Å². The number of ether oxygens (including phenoxy) is 1. The smallest absolute Gasteiger partial charge is 0.310 e. The minimum atomic E-state index is -0.175. The Morgan fingerprint density at radius 3 is 2.95 bits per heavy atom. The third-order valence-corrected chi connectivity index (χ3v) is 3.67. The molecule has 1 fully saturated rings. The van der Waals surface area contributed by atoms with Gasteiger partial charge in [-0.05, 0) is 30.1 Å². The Labute approximate surface area is 122 Å². The minimum Gasteiger partial charge on any atom is -0.469 e. The van der Waals surface area contributed by atoms with Crippen LogP contribution >= 0.6 is 0 Å². The molecule has 0 saturated carbocycles. The van der Waals surface area contributed by atoms with E-state index < -0.39 is 0 Å². The summed E-state index contributed by atoms with van der Waals surface area (Å²) in [5.74, 6) is 0.724. The fraction of sp³-hybridized carbons (Fsp3) is 0.400. The van der Waals surface area contributed by atoms with Crippen molar-refractivity contribution in [2.75, 3.05) is 25.1 Å². The van der Waals surface area contributed by atoms with Crippen molar-refractivity contribution in [2.24, 2.45) is 5.92 Å². The van der Waals surface area contributed by atoms with Crippen LogP contribution in [0.2, 0.25) is 0 Å². The molecule has 1 aliphatic heterocycles. The molecule has 1 saturated heterocycles. The van der Waals surface area contributed by atoms with E-state index in [1.807, 2.05) is 35.2 Å². The summed E-state index contributed by atoms with van der Waals surface area (Å²) in [4.78, 5) is 18.1. The molecule has 0 radical (unpaired) electrons. The zero-order valence-electron chi connectivity index (χ0n) is 11.9. The number of nitrogens with zero attached hydrogens (tertiary/aromatic N) is 3. The molecule has 1 atom stereocenters. The minimum absolute atomic E-state index is 0.123. The Kier molecular flexibility index (Phi) is 3.85. The molecule has 21 heavy (non-hydrogen) atoms. The Hall–Kier alpha value is -2.37. The first-order valence-electron chi connectivity index (χ1n) is 7.00. The predicted molar refractivity (Wildman–Crippen MR) is 76.7 cm³/mol. The van der Waals surface area contributed by atoms with Gasteiger partial charge < -0.3 is 14.2 Å². The fourth-order valence-corrected chi connectivity index (χ4v) is 2.56. The summed E-state index contributed by atoms with van der Waals surface area (Å²) in [7, 11) is 1.42. The van der Waals surface area contributed by atoms with Crippen molar-refractivity contribution in [1.82, 2.24) is 10.1 Å². The number of methoxy groups -OCH3 is 1. The highest BCUT2D eigenvalue weighted by molar-refractivity contribution is 5.73. The lowest BCUT2D eigenvalue weighted by Crippen LogP contribution is -2.39. The molecular weight excluding hydrogens is 270 g/mol. The van der Waals surface area contributed by atoms with Crippen molar-refractivity contribution in [3.05, 3.63) is 30.3 Å².